The molecule has 2 N–H and O–H groups in total. The van der Waals surface area contributed by atoms with Gasteiger partial charge in [0, 0.05) is 5.56 Å². The molecule has 0 saturated heterocycles. The molecule has 0 radical (unpaired) electrons. The number of benzene rings is 2. The van der Waals surface area contributed by atoms with Crippen LogP contribution in [0.5, 0.6) is 5.75 Å². The molecule has 2 aromatic carbocycles. The highest BCUT2D eigenvalue weighted by atomic mass is 19.1. The lowest BCUT2D eigenvalue weighted by Gasteiger charge is -1.95. The highest BCUT2D eigenvalue weighted by Gasteiger charge is 2.08. The number of aromatic amines is 1. The number of phenolic OH excluding ortho intramolecular Hbond substituents is 1. The number of hydrogen-bond acceptors (Lipinski definition) is 2. The van der Waals surface area contributed by atoms with Crippen LogP contribution in [0.2, 0.25) is 0 Å². The van der Waals surface area contributed by atoms with E-state index in [-0.39, 0.29) is 11.6 Å². The van der Waals surface area contributed by atoms with Crippen LogP contribution in [0.25, 0.3) is 22.4 Å². The maximum Gasteiger partial charge on any atom is 0.151 e. The van der Waals surface area contributed by atoms with Crippen molar-refractivity contribution < 1.29 is 9.50 Å². The van der Waals surface area contributed by atoms with Crippen molar-refractivity contribution in [2.45, 2.75) is 0 Å². The predicted octanol–water partition coefficient (Wildman–Crippen LogP) is 3.07. The first kappa shape index (κ1) is 9.84. The molecule has 0 fully saturated rings. The molecule has 0 aliphatic carbocycles. The number of aromatic hydroxyl groups is 1. The van der Waals surface area contributed by atoms with E-state index in [2.05, 4.69) is 9.97 Å². The molecule has 1 heterocycles. The van der Waals surface area contributed by atoms with E-state index in [9.17, 15) is 9.50 Å². The van der Waals surface area contributed by atoms with E-state index >= 15 is 0 Å². The fourth-order valence-corrected chi connectivity index (χ4v) is 1.75. The smallest absolute Gasteiger partial charge is 0.151 e. The highest BCUT2D eigenvalue weighted by molar-refractivity contribution is 5.79. The van der Waals surface area contributed by atoms with E-state index in [1.54, 1.807) is 36.4 Å². The number of H-pyrrole nitrogens is 1. The molecule has 0 aliphatic heterocycles. The quantitative estimate of drug-likeness (QED) is 0.672. The third kappa shape index (κ3) is 1.63. The Bertz CT molecular complexity index is 673. The standard InChI is InChI=1S/C13H9FN2O/c14-10-2-1-3-11-12(10)16-13(15-11)8-4-6-9(17)7-5-8/h1-7,17H,(H,15,16). The molecule has 0 aliphatic rings. The maximum atomic E-state index is 13.5. The average molecular weight is 228 g/mol. The zero-order valence-electron chi connectivity index (χ0n) is 8.81. The van der Waals surface area contributed by atoms with E-state index < -0.39 is 0 Å². The Hall–Kier alpha value is -2.36. The van der Waals surface area contributed by atoms with Crippen LogP contribution in [0.1, 0.15) is 0 Å². The summed E-state index contributed by atoms with van der Waals surface area (Å²) in [6.07, 6.45) is 0. The number of phenols is 1. The molecule has 0 amide bonds. The predicted molar refractivity (Wildman–Crippen MR) is 63.2 cm³/mol. The molecule has 0 spiro atoms. The highest BCUT2D eigenvalue weighted by Crippen LogP contribution is 2.23. The minimum absolute atomic E-state index is 0.191. The summed E-state index contributed by atoms with van der Waals surface area (Å²) in [6.45, 7) is 0. The number of rotatable bonds is 1. The third-order valence-electron chi connectivity index (χ3n) is 2.60. The second kappa shape index (κ2) is 3.59. The maximum absolute atomic E-state index is 13.5. The molecule has 3 nitrogen and oxygen atoms in total. The van der Waals surface area contributed by atoms with Crippen LogP contribution in [0.3, 0.4) is 0 Å². The Labute approximate surface area is 96.6 Å². The lowest BCUT2D eigenvalue weighted by Crippen LogP contribution is -1.79. The minimum atomic E-state index is -0.344. The van der Waals surface area contributed by atoms with E-state index in [4.69, 9.17) is 0 Å². The minimum Gasteiger partial charge on any atom is -0.508 e. The van der Waals surface area contributed by atoms with Gasteiger partial charge in [0.1, 0.15) is 17.1 Å². The Balaban J connectivity index is 2.18. The lowest BCUT2D eigenvalue weighted by atomic mass is 10.2. The van der Waals surface area contributed by atoms with E-state index in [1.807, 2.05) is 0 Å². The SMILES string of the molecule is Oc1ccc(-c2nc3c(F)cccc3[nH]2)cc1. The molecule has 1 aromatic heterocycles. The number of halogens is 1. The first-order chi connectivity index (χ1) is 8.24. The summed E-state index contributed by atoms with van der Waals surface area (Å²) in [5.41, 5.74) is 1.79. The van der Waals surface area contributed by atoms with Gasteiger partial charge in [-0.05, 0) is 36.4 Å². The number of aromatic nitrogens is 2. The number of imidazole rings is 1. The van der Waals surface area contributed by atoms with Gasteiger partial charge in [-0.3, -0.25) is 0 Å². The fraction of sp³-hybridized carbons (Fsp3) is 0. The average Bonchev–Trinajstić information content (AvgIpc) is 2.75. The molecule has 0 atom stereocenters. The normalized spacial score (nSPS) is 10.9. The zero-order valence-corrected chi connectivity index (χ0v) is 8.81. The van der Waals surface area contributed by atoms with Crippen molar-refractivity contribution in [1.29, 1.82) is 0 Å². The van der Waals surface area contributed by atoms with Crippen LogP contribution in [0, 0.1) is 5.82 Å². The van der Waals surface area contributed by atoms with Gasteiger partial charge in [0.05, 0.1) is 5.52 Å². The number of nitrogens with zero attached hydrogens (tertiary/aromatic N) is 1. The summed E-state index contributed by atoms with van der Waals surface area (Å²) >= 11 is 0. The van der Waals surface area contributed by atoms with Gasteiger partial charge in [-0.25, -0.2) is 9.37 Å². The zero-order chi connectivity index (χ0) is 11.8. The molecule has 4 heteroatoms. The summed E-state index contributed by atoms with van der Waals surface area (Å²) in [5.74, 6) is 0.435. The number of hydrogen-bond donors (Lipinski definition) is 2. The first-order valence-electron chi connectivity index (χ1n) is 5.18. The van der Waals surface area contributed by atoms with Gasteiger partial charge in [-0.15, -0.1) is 0 Å². The van der Waals surface area contributed by atoms with E-state index in [0.717, 1.165) is 5.56 Å². The Morgan fingerprint density at radius 2 is 1.82 bits per heavy atom. The van der Waals surface area contributed by atoms with Gasteiger partial charge in [-0.2, -0.15) is 0 Å². The van der Waals surface area contributed by atoms with E-state index in [1.165, 1.54) is 6.07 Å². The van der Waals surface area contributed by atoms with Crippen molar-refractivity contribution in [3.63, 3.8) is 0 Å². The lowest BCUT2D eigenvalue weighted by molar-refractivity contribution is 0.475. The molecule has 0 unspecified atom stereocenters. The van der Waals surface area contributed by atoms with Crippen molar-refractivity contribution in [2.24, 2.45) is 0 Å². The molecule has 0 bridgehead atoms. The van der Waals surface area contributed by atoms with Crippen LogP contribution in [0.4, 0.5) is 4.39 Å². The Morgan fingerprint density at radius 3 is 2.53 bits per heavy atom. The fourth-order valence-electron chi connectivity index (χ4n) is 1.75. The van der Waals surface area contributed by atoms with Crippen LogP contribution in [0.15, 0.2) is 42.5 Å². The van der Waals surface area contributed by atoms with Crippen molar-refractivity contribution in [1.82, 2.24) is 9.97 Å². The largest absolute Gasteiger partial charge is 0.508 e. The van der Waals surface area contributed by atoms with Gasteiger partial charge in [0.25, 0.3) is 0 Å². The van der Waals surface area contributed by atoms with Crippen molar-refractivity contribution in [2.75, 3.05) is 0 Å². The van der Waals surface area contributed by atoms with Crippen LogP contribution < -0.4 is 0 Å². The van der Waals surface area contributed by atoms with Gasteiger partial charge in [-0.1, -0.05) is 6.07 Å². The third-order valence-corrected chi connectivity index (χ3v) is 2.60. The summed E-state index contributed by atoms with van der Waals surface area (Å²) < 4.78 is 13.5. The molecular formula is C13H9FN2O. The number of nitrogens with one attached hydrogen (secondary N) is 1. The van der Waals surface area contributed by atoms with Crippen molar-refractivity contribution in [3.05, 3.63) is 48.3 Å². The van der Waals surface area contributed by atoms with Crippen LogP contribution >= 0.6 is 0 Å². The Kier molecular flexibility index (Phi) is 2.08. The summed E-state index contributed by atoms with van der Waals surface area (Å²) in [4.78, 5) is 7.24. The molecule has 84 valence electrons. The van der Waals surface area contributed by atoms with Crippen molar-refractivity contribution in [3.8, 4) is 17.1 Å². The van der Waals surface area contributed by atoms with E-state index in [0.29, 0.717) is 16.9 Å². The van der Waals surface area contributed by atoms with Gasteiger partial charge in [0.15, 0.2) is 5.82 Å². The Morgan fingerprint density at radius 1 is 1.06 bits per heavy atom. The molecule has 3 aromatic rings. The summed E-state index contributed by atoms with van der Waals surface area (Å²) in [5, 5.41) is 9.20. The topological polar surface area (TPSA) is 48.9 Å². The van der Waals surface area contributed by atoms with Crippen molar-refractivity contribution >= 4 is 11.0 Å². The first-order valence-corrected chi connectivity index (χ1v) is 5.18. The van der Waals surface area contributed by atoms with Gasteiger partial charge >= 0.3 is 0 Å². The molecule has 0 saturated carbocycles. The molecular weight excluding hydrogens is 219 g/mol. The van der Waals surface area contributed by atoms with Gasteiger partial charge < -0.3 is 10.1 Å². The number of para-hydroxylation sites is 1. The van der Waals surface area contributed by atoms with Gasteiger partial charge in [0.2, 0.25) is 0 Å². The summed E-state index contributed by atoms with van der Waals surface area (Å²) in [6, 6.07) is 11.4. The molecule has 3 rings (SSSR count). The van der Waals surface area contributed by atoms with Crippen LogP contribution in [-0.2, 0) is 0 Å². The molecule has 17 heavy (non-hydrogen) atoms. The summed E-state index contributed by atoms with van der Waals surface area (Å²) in [7, 11) is 0. The second-order valence-corrected chi connectivity index (χ2v) is 3.77. The monoisotopic (exact) mass is 228 g/mol. The number of fused-ring (bicyclic) bond motifs is 1. The van der Waals surface area contributed by atoms with Crippen LogP contribution in [-0.4, -0.2) is 15.1 Å². The second-order valence-electron chi connectivity index (χ2n) is 3.77.